The molecule has 1 saturated heterocycles. The highest BCUT2D eigenvalue weighted by molar-refractivity contribution is 7.66. The molecule has 0 spiro atoms. The first-order valence-corrected chi connectivity index (χ1v) is 13.0. The van der Waals surface area contributed by atoms with E-state index in [1.165, 1.54) is 0 Å². The van der Waals surface area contributed by atoms with Crippen molar-refractivity contribution in [2.75, 3.05) is 0 Å². The molecule has 33 heavy (non-hydrogen) atoms. The fourth-order valence-electron chi connectivity index (χ4n) is 2.95. The fraction of sp³-hybridized carbons (Fsp3) is 0.545. The maximum absolute atomic E-state index is 12.0. The van der Waals surface area contributed by atoms with Crippen molar-refractivity contribution in [3.05, 3.63) is 6.33 Å². The minimum absolute atomic E-state index is 0.192. The molecule has 2 aromatic rings. The van der Waals surface area contributed by atoms with Crippen LogP contribution in [0.2, 0.25) is 0 Å². The van der Waals surface area contributed by atoms with Crippen molar-refractivity contribution >= 4 is 34.6 Å². The molecular weight excluding hydrogens is 521 g/mol. The lowest BCUT2D eigenvalue weighted by molar-refractivity contribution is -0.0755. The van der Waals surface area contributed by atoms with Gasteiger partial charge in [0.15, 0.2) is 17.4 Å². The molecule has 2 aromatic heterocycles. The quantitative estimate of drug-likeness (QED) is 0.179. The van der Waals surface area contributed by atoms with E-state index in [9.17, 15) is 43.9 Å². The lowest BCUT2D eigenvalue weighted by Gasteiger charge is -2.24. The second-order valence-electron chi connectivity index (χ2n) is 6.55. The summed E-state index contributed by atoms with van der Waals surface area (Å²) in [6.45, 7) is 1.03. The van der Waals surface area contributed by atoms with Crippen molar-refractivity contribution < 1.29 is 71.6 Å². The summed E-state index contributed by atoms with van der Waals surface area (Å²) in [5.74, 6) is -0.693. The first kappa shape index (κ1) is 26.1. The molecule has 3 unspecified atom stereocenters. The van der Waals surface area contributed by atoms with Crippen molar-refractivity contribution in [3.8, 4) is 11.9 Å². The number of rotatable bonds is 8. The highest BCUT2D eigenvalue weighted by Crippen LogP contribution is 2.66. The smallest absolute Gasteiger partial charge is 0.490 e. The summed E-state index contributed by atoms with van der Waals surface area (Å²) in [5.41, 5.74) is -0.403. The predicted octanol–water partition coefficient (Wildman–Crippen LogP) is -1.41. The molecule has 1 aliphatic heterocycles. The van der Waals surface area contributed by atoms with Crippen molar-refractivity contribution in [2.45, 2.75) is 37.6 Å². The van der Waals surface area contributed by atoms with E-state index in [1.54, 1.807) is 0 Å². The Hall–Kier alpha value is -1.56. The fourth-order valence-corrected chi connectivity index (χ4v) is 6.15. The van der Waals surface area contributed by atoms with Gasteiger partial charge in [-0.05, 0) is 6.92 Å². The molecule has 0 amide bonds. The van der Waals surface area contributed by atoms with E-state index in [4.69, 9.17) is 14.5 Å². The highest BCUT2D eigenvalue weighted by atomic mass is 31.3. The van der Waals surface area contributed by atoms with Gasteiger partial charge < -0.3 is 44.7 Å². The van der Waals surface area contributed by atoms with E-state index < -0.39 is 66.0 Å². The second-order valence-corrected chi connectivity index (χ2v) is 10.9. The van der Waals surface area contributed by atoms with E-state index in [1.807, 2.05) is 0 Å². The largest absolute Gasteiger partial charge is 0.492 e. The van der Waals surface area contributed by atoms with Gasteiger partial charge in [-0.25, -0.2) is 18.7 Å². The molecule has 3 heterocycles. The topological polar surface area (TPSA) is 294 Å². The number of hydrogen-bond acceptors (Lipinski definition) is 14. The zero-order valence-corrected chi connectivity index (χ0v) is 18.7. The van der Waals surface area contributed by atoms with E-state index in [0.717, 1.165) is 17.8 Å². The number of aliphatic hydroxyl groups is 2. The van der Waals surface area contributed by atoms with E-state index in [0.29, 0.717) is 0 Å². The van der Waals surface area contributed by atoms with Gasteiger partial charge in [0.2, 0.25) is 5.88 Å². The Morgan fingerprint density at radius 3 is 2.27 bits per heavy atom. The van der Waals surface area contributed by atoms with Gasteiger partial charge in [0.05, 0.1) is 12.4 Å². The van der Waals surface area contributed by atoms with Crippen LogP contribution in [-0.2, 0) is 31.6 Å². The number of imidazole rings is 1. The van der Waals surface area contributed by atoms with Crippen LogP contribution in [-0.4, -0.2) is 83.9 Å². The Morgan fingerprint density at radius 1 is 1.03 bits per heavy atom. The van der Waals surface area contributed by atoms with E-state index in [2.05, 4.69) is 28.1 Å². The molecule has 7 atom stereocenters. The molecule has 3 rings (SSSR count). The average Bonchev–Trinajstić information content (AvgIpc) is 3.13. The Balaban J connectivity index is 1.78. The molecule has 1 fully saturated rings. The molecule has 19 nitrogen and oxygen atoms in total. The monoisotopic (exact) mass is 538 g/mol. The Bertz CT molecular complexity index is 1180. The first-order chi connectivity index (χ1) is 15.0. The second kappa shape index (κ2) is 8.90. The van der Waals surface area contributed by atoms with E-state index in [-0.39, 0.29) is 11.2 Å². The maximum Gasteiger partial charge on any atom is 0.490 e. The summed E-state index contributed by atoms with van der Waals surface area (Å²) in [6.07, 6.45) is -7.21. The third-order valence-corrected chi connectivity index (χ3v) is 8.04. The van der Waals surface area contributed by atoms with Crippen LogP contribution in [0.1, 0.15) is 13.2 Å². The van der Waals surface area contributed by atoms with Gasteiger partial charge in [-0.3, -0.25) is 9.09 Å². The van der Waals surface area contributed by atoms with Crippen molar-refractivity contribution in [3.63, 3.8) is 0 Å². The Kier molecular flexibility index (Phi) is 7.03. The molecule has 0 aliphatic carbocycles. The van der Waals surface area contributed by atoms with Crippen molar-refractivity contribution in [1.29, 1.82) is 0 Å². The zero-order chi connectivity index (χ0) is 24.9. The molecule has 1 aliphatic rings. The van der Waals surface area contributed by atoms with Crippen LogP contribution < -0.4 is 0 Å². The summed E-state index contributed by atoms with van der Waals surface area (Å²) < 4.78 is 52.3. The van der Waals surface area contributed by atoms with Gasteiger partial charge in [-0.15, -0.1) is 0 Å². The number of fused-ring (bicyclic) bond motifs is 1. The number of phosphoric ester groups is 1. The number of aromatic hydroxyl groups is 2. The van der Waals surface area contributed by atoms with Gasteiger partial charge >= 0.3 is 29.5 Å². The highest BCUT2D eigenvalue weighted by Gasteiger charge is 2.49. The number of phosphoric acid groups is 3. The molecule has 186 valence electrons. The average molecular weight is 538 g/mol. The lowest BCUT2D eigenvalue weighted by Crippen LogP contribution is -2.38. The molecular formula is C11H17N4O15P3. The zero-order valence-electron chi connectivity index (χ0n) is 16.0. The van der Waals surface area contributed by atoms with Crippen LogP contribution in [0.3, 0.4) is 0 Å². The van der Waals surface area contributed by atoms with Crippen molar-refractivity contribution in [1.82, 2.24) is 19.5 Å². The van der Waals surface area contributed by atoms with Gasteiger partial charge in [0.1, 0.15) is 18.3 Å². The third-order valence-electron chi connectivity index (χ3n) is 4.12. The SMILES string of the molecule is CC(OP(=O)(O)OP(=O)(O)OP(=O)(O)O)[C@H]1O[C@@H](n2cnc3c(O)nc(O)nc32)[C@H](O)[C@@H]1O. The molecule has 22 heteroatoms. The van der Waals surface area contributed by atoms with Crippen molar-refractivity contribution in [2.24, 2.45) is 0 Å². The molecule has 0 saturated carbocycles. The Morgan fingerprint density at radius 2 is 1.67 bits per heavy atom. The maximum atomic E-state index is 12.0. The number of hydrogen-bond donors (Lipinski definition) is 8. The molecule has 0 radical (unpaired) electrons. The summed E-state index contributed by atoms with van der Waals surface area (Å²) in [5, 5.41) is 39.9. The van der Waals surface area contributed by atoms with Gasteiger partial charge in [-0.2, -0.15) is 18.6 Å². The first-order valence-electron chi connectivity index (χ1n) is 8.46. The van der Waals surface area contributed by atoms with Crippen LogP contribution in [0, 0.1) is 0 Å². The lowest BCUT2D eigenvalue weighted by atomic mass is 10.1. The van der Waals surface area contributed by atoms with E-state index >= 15 is 0 Å². The third kappa shape index (κ3) is 5.93. The summed E-state index contributed by atoms with van der Waals surface area (Å²) in [6, 6.07) is -0.840. The number of ether oxygens (including phenoxy) is 1. The Labute approximate surface area is 182 Å². The van der Waals surface area contributed by atoms with Crippen LogP contribution in [0.5, 0.6) is 11.9 Å². The summed E-state index contributed by atoms with van der Waals surface area (Å²) in [7, 11) is -16.9. The van der Waals surface area contributed by atoms with Crippen LogP contribution in [0.15, 0.2) is 6.33 Å². The molecule has 0 bridgehead atoms. The standard InChI is InChI=1S/C11H17N4O15P3/c1-3(28-32(23,24)30-33(25,26)29-31(20,21)22)7-5(16)6(17)10(27-7)15-2-12-4-8(15)13-11(19)14-9(4)18/h2-3,5-7,10,16-17H,1H3,(H,23,24)(H,25,26)(H2,20,21,22)(H2,13,14,18,19)/t3?,5-,6+,7+,10+/m0/s1. The predicted molar refractivity (Wildman–Crippen MR) is 99.0 cm³/mol. The number of nitrogens with zero attached hydrogens (tertiary/aromatic N) is 4. The minimum Gasteiger partial charge on any atom is -0.492 e. The van der Waals surface area contributed by atoms with Crippen LogP contribution >= 0.6 is 23.5 Å². The normalized spacial score (nSPS) is 28.5. The number of aromatic nitrogens is 4. The summed E-state index contributed by atoms with van der Waals surface area (Å²) >= 11 is 0. The molecule has 8 N–H and O–H groups in total. The van der Waals surface area contributed by atoms with Gasteiger partial charge in [0, 0.05) is 0 Å². The van der Waals surface area contributed by atoms with Gasteiger partial charge in [-0.1, -0.05) is 0 Å². The minimum atomic E-state index is -5.77. The summed E-state index contributed by atoms with van der Waals surface area (Å²) in [4.78, 5) is 46.6. The van der Waals surface area contributed by atoms with Gasteiger partial charge in [0.25, 0.3) is 0 Å². The molecule has 0 aromatic carbocycles. The number of aliphatic hydroxyl groups excluding tert-OH is 2. The van der Waals surface area contributed by atoms with Crippen LogP contribution in [0.4, 0.5) is 0 Å². The van der Waals surface area contributed by atoms with Crippen LogP contribution in [0.25, 0.3) is 11.2 Å².